The van der Waals surface area contributed by atoms with Gasteiger partial charge in [-0.25, -0.2) is 0 Å². The van der Waals surface area contributed by atoms with Gasteiger partial charge in [-0.05, 0) is 24.1 Å². The number of likely N-dealkylation sites (N-methyl/N-ethyl adjacent to an activating group) is 1. The Morgan fingerprint density at radius 3 is 3.06 bits per heavy atom. The molecule has 3 heteroatoms. The molecule has 1 saturated carbocycles. The highest BCUT2D eigenvalue weighted by Crippen LogP contribution is 2.46. The van der Waals surface area contributed by atoms with Gasteiger partial charge in [0.25, 0.3) is 0 Å². The van der Waals surface area contributed by atoms with Gasteiger partial charge in [0.15, 0.2) is 0 Å². The Hall–Kier alpha value is -1.77. The van der Waals surface area contributed by atoms with Crippen LogP contribution < -0.4 is 0 Å². The SMILES string of the molecule is CCC(=O)N(C)C1CC1c1cccc2occc12. The lowest BCUT2D eigenvalue weighted by atomic mass is 10.1. The van der Waals surface area contributed by atoms with Crippen LogP contribution in [0.2, 0.25) is 0 Å². The van der Waals surface area contributed by atoms with E-state index in [2.05, 4.69) is 6.07 Å². The molecule has 1 fully saturated rings. The van der Waals surface area contributed by atoms with Crippen LogP contribution in [0.4, 0.5) is 0 Å². The molecule has 18 heavy (non-hydrogen) atoms. The van der Waals surface area contributed by atoms with Crippen molar-refractivity contribution in [2.45, 2.75) is 31.7 Å². The molecular weight excluding hydrogens is 226 g/mol. The predicted molar refractivity (Wildman–Crippen MR) is 70.4 cm³/mol. The summed E-state index contributed by atoms with van der Waals surface area (Å²) in [5.41, 5.74) is 2.24. The minimum Gasteiger partial charge on any atom is -0.464 e. The van der Waals surface area contributed by atoms with Crippen molar-refractivity contribution in [3.05, 3.63) is 36.1 Å². The summed E-state index contributed by atoms with van der Waals surface area (Å²) in [6, 6.07) is 8.53. The van der Waals surface area contributed by atoms with E-state index in [-0.39, 0.29) is 5.91 Å². The van der Waals surface area contributed by atoms with Gasteiger partial charge in [0, 0.05) is 30.8 Å². The maximum Gasteiger partial charge on any atom is 0.222 e. The van der Waals surface area contributed by atoms with E-state index in [4.69, 9.17) is 4.42 Å². The van der Waals surface area contributed by atoms with Crippen molar-refractivity contribution in [1.29, 1.82) is 0 Å². The van der Waals surface area contributed by atoms with Crippen molar-refractivity contribution < 1.29 is 9.21 Å². The molecule has 1 amide bonds. The first-order valence-corrected chi connectivity index (χ1v) is 6.44. The number of carbonyl (C=O) groups excluding carboxylic acids is 1. The van der Waals surface area contributed by atoms with Crippen molar-refractivity contribution in [2.24, 2.45) is 0 Å². The minimum atomic E-state index is 0.224. The molecule has 0 bridgehead atoms. The standard InChI is InChI=1S/C15H17NO2/c1-3-15(17)16(2)13-9-12(13)10-5-4-6-14-11(10)7-8-18-14/h4-8,12-13H,3,9H2,1-2H3. The van der Waals surface area contributed by atoms with Crippen LogP contribution >= 0.6 is 0 Å². The van der Waals surface area contributed by atoms with Crippen LogP contribution in [0.15, 0.2) is 34.9 Å². The van der Waals surface area contributed by atoms with E-state index in [0.717, 1.165) is 12.0 Å². The predicted octanol–water partition coefficient (Wildman–Crippen LogP) is 3.16. The highest BCUT2D eigenvalue weighted by molar-refractivity contribution is 5.82. The number of fused-ring (bicyclic) bond motifs is 1. The molecule has 2 atom stereocenters. The molecule has 1 aromatic heterocycles. The second-order valence-electron chi connectivity index (χ2n) is 4.95. The summed E-state index contributed by atoms with van der Waals surface area (Å²) >= 11 is 0. The first kappa shape index (κ1) is 11.3. The molecule has 1 aliphatic carbocycles. The zero-order valence-electron chi connectivity index (χ0n) is 10.7. The lowest BCUT2D eigenvalue weighted by molar-refractivity contribution is -0.130. The van der Waals surface area contributed by atoms with E-state index in [1.165, 1.54) is 10.9 Å². The molecule has 94 valence electrons. The van der Waals surface area contributed by atoms with Crippen molar-refractivity contribution in [1.82, 2.24) is 4.90 Å². The Balaban J connectivity index is 1.86. The third kappa shape index (κ3) is 1.70. The summed E-state index contributed by atoms with van der Waals surface area (Å²) in [7, 11) is 1.91. The molecule has 1 aliphatic rings. The fourth-order valence-corrected chi connectivity index (χ4v) is 2.72. The molecule has 0 spiro atoms. The fourth-order valence-electron chi connectivity index (χ4n) is 2.72. The lowest BCUT2D eigenvalue weighted by Crippen LogP contribution is -2.28. The summed E-state index contributed by atoms with van der Waals surface area (Å²) in [5, 5.41) is 1.18. The van der Waals surface area contributed by atoms with E-state index in [1.807, 2.05) is 37.1 Å². The van der Waals surface area contributed by atoms with Gasteiger partial charge in [0.1, 0.15) is 5.58 Å². The summed E-state index contributed by atoms with van der Waals surface area (Å²) in [5.74, 6) is 0.689. The Kier molecular flexibility index (Phi) is 2.62. The minimum absolute atomic E-state index is 0.224. The van der Waals surface area contributed by atoms with Crippen LogP contribution in [0.25, 0.3) is 11.0 Å². The molecule has 0 saturated heterocycles. The number of hydrogen-bond acceptors (Lipinski definition) is 2. The Morgan fingerprint density at radius 2 is 2.28 bits per heavy atom. The van der Waals surface area contributed by atoms with E-state index < -0.39 is 0 Å². The average Bonchev–Trinajstić information content (AvgIpc) is 3.04. The molecule has 0 N–H and O–H groups in total. The van der Waals surface area contributed by atoms with Gasteiger partial charge in [-0.2, -0.15) is 0 Å². The second kappa shape index (κ2) is 4.16. The number of amides is 1. The fraction of sp³-hybridized carbons (Fsp3) is 0.400. The van der Waals surface area contributed by atoms with Crippen molar-refractivity contribution in [3.8, 4) is 0 Å². The lowest BCUT2D eigenvalue weighted by Gasteiger charge is -2.16. The first-order valence-electron chi connectivity index (χ1n) is 6.44. The zero-order chi connectivity index (χ0) is 12.7. The Morgan fingerprint density at radius 1 is 1.44 bits per heavy atom. The topological polar surface area (TPSA) is 33.5 Å². The number of benzene rings is 1. The van der Waals surface area contributed by atoms with Crippen LogP contribution in [0.3, 0.4) is 0 Å². The largest absolute Gasteiger partial charge is 0.464 e. The maximum absolute atomic E-state index is 11.7. The van der Waals surface area contributed by atoms with Crippen molar-refractivity contribution in [3.63, 3.8) is 0 Å². The van der Waals surface area contributed by atoms with Crippen molar-refractivity contribution in [2.75, 3.05) is 7.05 Å². The van der Waals surface area contributed by atoms with Crippen molar-refractivity contribution >= 4 is 16.9 Å². The van der Waals surface area contributed by atoms with Gasteiger partial charge < -0.3 is 9.32 Å². The Labute approximate surface area is 106 Å². The summed E-state index contributed by atoms with van der Waals surface area (Å²) in [6.45, 7) is 1.91. The summed E-state index contributed by atoms with van der Waals surface area (Å²) < 4.78 is 5.42. The summed E-state index contributed by atoms with van der Waals surface area (Å²) in [6.07, 6.45) is 3.37. The molecule has 3 rings (SSSR count). The summed E-state index contributed by atoms with van der Waals surface area (Å²) in [4.78, 5) is 13.6. The third-order valence-electron chi connectivity index (χ3n) is 3.88. The van der Waals surface area contributed by atoms with Gasteiger partial charge in [-0.3, -0.25) is 4.79 Å². The van der Waals surface area contributed by atoms with Crippen LogP contribution in [-0.4, -0.2) is 23.9 Å². The normalized spacial score (nSPS) is 22.1. The van der Waals surface area contributed by atoms with E-state index >= 15 is 0 Å². The quantitative estimate of drug-likeness (QED) is 0.829. The highest BCUT2D eigenvalue weighted by atomic mass is 16.3. The smallest absolute Gasteiger partial charge is 0.222 e. The van der Waals surface area contributed by atoms with E-state index in [1.54, 1.807) is 6.26 Å². The molecule has 0 aliphatic heterocycles. The molecule has 0 radical (unpaired) electrons. The molecule has 2 aromatic rings. The van der Waals surface area contributed by atoms with Crippen LogP contribution in [0.1, 0.15) is 31.2 Å². The van der Waals surface area contributed by atoms with Gasteiger partial charge in [0.2, 0.25) is 5.91 Å². The molecule has 2 unspecified atom stereocenters. The number of nitrogens with zero attached hydrogens (tertiary/aromatic N) is 1. The molecule has 1 aromatic carbocycles. The van der Waals surface area contributed by atoms with Crippen LogP contribution in [0.5, 0.6) is 0 Å². The monoisotopic (exact) mass is 243 g/mol. The van der Waals surface area contributed by atoms with Gasteiger partial charge in [0.05, 0.1) is 6.26 Å². The first-order chi connectivity index (χ1) is 8.72. The Bertz CT molecular complexity index is 587. The van der Waals surface area contributed by atoms with Crippen LogP contribution in [0, 0.1) is 0 Å². The number of carbonyl (C=O) groups is 1. The molecular formula is C15H17NO2. The number of rotatable bonds is 3. The van der Waals surface area contributed by atoms with Crippen LogP contribution in [-0.2, 0) is 4.79 Å². The number of furan rings is 1. The molecule has 1 heterocycles. The van der Waals surface area contributed by atoms with Gasteiger partial charge in [-0.15, -0.1) is 0 Å². The molecule has 3 nitrogen and oxygen atoms in total. The average molecular weight is 243 g/mol. The van der Waals surface area contributed by atoms with Gasteiger partial charge in [-0.1, -0.05) is 19.1 Å². The highest BCUT2D eigenvalue weighted by Gasteiger charge is 2.43. The third-order valence-corrected chi connectivity index (χ3v) is 3.88. The second-order valence-corrected chi connectivity index (χ2v) is 4.95. The van der Waals surface area contributed by atoms with E-state index in [0.29, 0.717) is 18.4 Å². The van der Waals surface area contributed by atoms with Gasteiger partial charge >= 0.3 is 0 Å². The maximum atomic E-state index is 11.7. The zero-order valence-corrected chi connectivity index (χ0v) is 10.7. The van der Waals surface area contributed by atoms with E-state index in [9.17, 15) is 4.79 Å². The number of hydrogen-bond donors (Lipinski definition) is 0.